The predicted molar refractivity (Wildman–Crippen MR) is 107 cm³/mol. The highest BCUT2D eigenvalue weighted by Gasteiger charge is 2.23. The number of carboxylic acids is 1. The van der Waals surface area contributed by atoms with Crippen LogP contribution >= 0.6 is 0 Å². The van der Waals surface area contributed by atoms with Gasteiger partial charge in [0.1, 0.15) is 5.82 Å². The third-order valence-electron chi connectivity index (χ3n) is 5.70. The fraction of sp³-hybridized carbons (Fsp3) is 0.600. The van der Waals surface area contributed by atoms with Crippen LogP contribution in [0.25, 0.3) is 0 Å². The van der Waals surface area contributed by atoms with Crippen molar-refractivity contribution < 1.29 is 9.90 Å². The number of nitrogens with zero attached hydrogens (tertiary/aromatic N) is 6. The van der Waals surface area contributed by atoms with E-state index >= 15 is 0 Å². The Morgan fingerprint density at radius 3 is 2.57 bits per heavy atom. The summed E-state index contributed by atoms with van der Waals surface area (Å²) in [5.74, 6) is 1.07. The maximum atomic E-state index is 10.9. The third kappa shape index (κ3) is 3.81. The zero-order valence-electron chi connectivity index (χ0n) is 16.7. The molecule has 8 heteroatoms. The zero-order chi connectivity index (χ0) is 19.7. The minimum Gasteiger partial charge on any atom is -0.481 e. The number of aryl methyl sites for hydroxylation is 3. The van der Waals surface area contributed by atoms with Crippen molar-refractivity contribution in [1.82, 2.24) is 19.7 Å². The molecule has 0 spiro atoms. The Morgan fingerprint density at radius 1 is 1.07 bits per heavy atom. The maximum Gasteiger partial charge on any atom is 0.303 e. The highest BCUT2D eigenvalue weighted by molar-refractivity contribution is 5.67. The number of hydrogen-bond donors (Lipinski definition) is 1. The van der Waals surface area contributed by atoms with E-state index in [9.17, 15) is 4.79 Å². The summed E-state index contributed by atoms with van der Waals surface area (Å²) >= 11 is 0. The fourth-order valence-electron chi connectivity index (χ4n) is 4.03. The van der Waals surface area contributed by atoms with Gasteiger partial charge in [-0.05, 0) is 39.2 Å². The van der Waals surface area contributed by atoms with E-state index in [4.69, 9.17) is 15.1 Å². The molecule has 0 unspecified atom stereocenters. The highest BCUT2D eigenvalue weighted by Crippen LogP contribution is 2.27. The van der Waals surface area contributed by atoms with Crippen LogP contribution in [0.1, 0.15) is 48.3 Å². The summed E-state index contributed by atoms with van der Waals surface area (Å²) in [4.78, 5) is 25.2. The van der Waals surface area contributed by atoms with Crippen molar-refractivity contribution in [2.24, 2.45) is 0 Å². The molecule has 1 saturated heterocycles. The standard InChI is InChI=1S/C20H28N6O2/c1-14-15(2)21-20(24-8-3-4-9-24)22-19(14)25-10-5-11-26-17(13-25)12-16(23-26)6-7-18(27)28/h12H,3-11,13H2,1-2H3,(H,27,28). The molecule has 2 aromatic rings. The van der Waals surface area contributed by atoms with Crippen molar-refractivity contribution in [3.05, 3.63) is 28.7 Å². The van der Waals surface area contributed by atoms with Gasteiger partial charge in [-0.2, -0.15) is 10.1 Å². The third-order valence-corrected chi connectivity index (χ3v) is 5.70. The molecule has 2 aliphatic rings. The lowest BCUT2D eigenvalue weighted by atomic mass is 10.2. The second-order valence-corrected chi connectivity index (χ2v) is 7.77. The van der Waals surface area contributed by atoms with Gasteiger partial charge < -0.3 is 14.9 Å². The molecular weight excluding hydrogens is 356 g/mol. The first-order valence-electron chi connectivity index (χ1n) is 10.1. The summed E-state index contributed by atoms with van der Waals surface area (Å²) < 4.78 is 2.03. The summed E-state index contributed by atoms with van der Waals surface area (Å²) in [5.41, 5.74) is 4.14. The Hall–Kier alpha value is -2.64. The molecule has 28 heavy (non-hydrogen) atoms. The van der Waals surface area contributed by atoms with Gasteiger partial charge in [0.05, 0.1) is 24.4 Å². The van der Waals surface area contributed by atoms with Gasteiger partial charge in [-0.1, -0.05) is 0 Å². The average molecular weight is 384 g/mol. The van der Waals surface area contributed by atoms with Crippen LogP contribution < -0.4 is 9.80 Å². The number of fused-ring (bicyclic) bond motifs is 1. The van der Waals surface area contributed by atoms with E-state index in [2.05, 4.69) is 28.7 Å². The highest BCUT2D eigenvalue weighted by atomic mass is 16.4. The maximum absolute atomic E-state index is 10.9. The van der Waals surface area contributed by atoms with Gasteiger partial charge in [-0.15, -0.1) is 0 Å². The van der Waals surface area contributed by atoms with Crippen LogP contribution in [-0.2, 0) is 24.3 Å². The summed E-state index contributed by atoms with van der Waals surface area (Å²) in [5, 5.41) is 13.5. The van der Waals surface area contributed by atoms with Gasteiger partial charge in [0.2, 0.25) is 5.95 Å². The SMILES string of the molecule is Cc1nc(N2CCCC2)nc(N2CCCn3nc(CCC(=O)O)cc3C2)c1C. The molecule has 8 nitrogen and oxygen atoms in total. The lowest BCUT2D eigenvalue weighted by molar-refractivity contribution is -0.136. The van der Waals surface area contributed by atoms with Crippen molar-refractivity contribution in [2.45, 2.75) is 59.0 Å². The molecule has 150 valence electrons. The van der Waals surface area contributed by atoms with Crippen LogP contribution in [0.5, 0.6) is 0 Å². The number of carbonyl (C=O) groups is 1. The fourth-order valence-corrected chi connectivity index (χ4v) is 4.03. The molecule has 0 radical (unpaired) electrons. The molecule has 4 heterocycles. The first-order valence-corrected chi connectivity index (χ1v) is 10.1. The smallest absolute Gasteiger partial charge is 0.303 e. The molecular formula is C20H28N6O2. The molecule has 0 saturated carbocycles. The molecule has 2 aliphatic heterocycles. The number of aromatic nitrogens is 4. The van der Waals surface area contributed by atoms with Gasteiger partial charge >= 0.3 is 5.97 Å². The number of aliphatic carboxylic acids is 1. The Labute approximate surface area is 165 Å². The molecule has 0 bridgehead atoms. The van der Waals surface area contributed by atoms with Crippen LogP contribution in [0.2, 0.25) is 0 Å². The van der Waals surface area contributed by atoms with Gasteiger partial charge in [0.25, 0.3) is 0 Å². The van der Waals surface area contributed by atoms with E-state index in [-0.39, 0.29) is 6.42 Å². The second kappa shape index (κ2) is 7.77. The first-order chi connectivity index (χ1) is 13.5. The van der Waals surface area contributed by atoms with Crippen LogP contribution in [0, 0.1) is 13.8 Å². The summed E-state index contributed by atoms with van der Waals surface area (Å²) in [7, 11) is 0. The van der Waals surface area contributed by atoms with Gasteiger partial charge in [-0.3, -0.25) is 9.48 Å². The molecule has 0 aliphatic carbocycles. The lowest BCUT2D eigenvalue weighted by Gasteiger charge is -2.26. The van der Waals surface area contributed by atoms with E-state index in [1.54, 1.807) is 0 Å². The Morgan fingerprint density at radius 2 is 1.82 bits per heavy atom. The van der Waals surface area contributed by atoms with E-state index < -0.39 is 5.97 Å². The zero-order valence-corrected chi connectivity index (χ0v) is 16.7. The van der Waals surface area contributed by atoms with E-state index in [0.717, 1.165) is 73.6 Å². The number of rotatable bonds is 5. The van der Waals surface area contributed by atoms with Gasteiger partial charge in [0.15, 0.2) is 0 Å². The normalized spacial score (nSPS) is 16.9. The van der Waals surface area contributed by atoms with E-state index in [1.165, 1.54) is 12.8 Å². The summed E-state index contributed by atoms with van der Waals surface area (Å²) in [6.07, 6.45) is 3.97. The average Bonchev–Trinajstić information content (AvgIpc) is 3.28. The Bertz CT molecular complexity index is 872. The molecule has 4 rings (SSSR count). The number of hydrogen-bond acceptors (Lipinski definition) is 6. The van der Waals surface area contributed by atoms with Gasteiger partial charge in [0, 0.05) is 43.9 Å². The van der Waals surface area contributed by atoms with Gasteiger partial charge in [-0.25, -0.2) is 4.98 Å². The lowest BCUT2D eigenvalue weighted by Crippen LogP contribution is -2.27. The Balaban J connectivity index is 1.60. The number of carboxylic acid groups (broad SMARTS) is 1. The van der Waals surface area contributed by atoms with Crippen LogP contribution in [0.15, 0.2) is 6.07 Å². The molecule has 1 fully saturated rings. The summed E-state index contributed by atoms with van der Waals surface area (Å²) in [6, 6.07) is 2.05. The van der Waals surface area contributed by atoms with Crippen molar-refractivity contribution in [3.8, 4) is 0 Å². The number of anilines is 2. The molecule has 0 atom stereocenters. The van der Waals surface area contributed by atoms with Crippen molar-refractivity contribution in [2.75, 3.05) is 29.4 Å². The van der Waals surface area contributed by atoms with E-state index in [0.29, 0.717) is 6.42 Å². The molecule has 0 aromatic carbocycles. The second-order valence-electron chi connectivity index (χ2n) is 7.77. The van der Waals surface area contributed by atoms with Crippen LogP contribution in [0.3, 0.4) is 0 Å². The largest absolute Gasteiger partial charge is 0.481 e. The van der Waals surface area contributed by atoms with E-state index in [1.807, 2.05) is 10.7 Å². The van der Waals surface area contributed by atoms with Crippen molar-refractivity contribution in [3.63, 3.8) is 0 Å². The monoisotopic (exact) mass is 384 g/mol. The summed E-state index contributed by atoms with van der Waals surface area (Å²) in [6.45, 7) is 8.72. The van der Waals surface area contributed by atoms with Crippen LogP contribution in [-0.4, -0.2) is 50.5 Å². The molecule has 0 amide bonds. The first kappa shape index (κ1) is 18.7. The van der Waals surface area contributed by atoms with Crippen molar-refractivity contribution >= 4 is 17.7 Å². The minimum absolute atomic E-state index is 0.115. The predicted octanol–water partition coefficient (Wildman–Crippen LogP) is 2.32. The molecule has 2 aromatic heterocycles. The topological polar surface area (TPSA) is 87.4 Å². The quantitative estimate of drug-likeness (QED) is 0.846. The van der Waals surface area contributed by atoms with Crippen molar-refractivity contribution in [1.29, 1.82) is 0 Å². The molecule has 1 N–H and O–H groups in total. The Kier molecular flexibility index (Phi) is 5.19. The van der Waals surface area contributed by atoms with Crippen LogP contribution in [0.4, 0.5) is 11.8 Å². The minimum atomic E-state index is -0.786.